The van der Waals surface area contributed by atoms with Crippen LogP contribution >= 0.6 is 11.6 Å². The van der Waals surface area contributed by atoms with Gasteiger partial charge in [0.2, 0.25) is 0 Å². The monoisotopic (exact) mass is 378 g/mol. The molecule has 2 unspecified atom stereocenters. The van der Waals surface area contributed by atoms with E-state index in [1.165, 1.54) is 5.56 Å². The fraction of sp³-hybridized carbons (Fsp3) is 0.304. The van der Waals surface area contributed by atoms with Gasteiger partial charge in [0, 0.05) is 29.9 Å². The number of carbonyl (C=O) groups excluding carboxylic acids is 1. The van der Waals surface area contributed by atoms with E-state index in [0.717, 1.165) is 22.6 Å². The van der Waals surface area contributed by atoms with Crippen molar-refractivity contribution in [2.24, 2.45) is 0 Å². The summed E-state index contributed by atoms with van der Waals surface area (Å²) in [5.41, 5.74) is 3.50. The number of rotatable bonds is 4. The van der Waals surface area contributed by atoms with Gasteiger partial charge < -0.3 is 4.90 Å². The van der Waals surface area contributed by atoms with Crippen LogP contribution < -0.4 is 0 Å². The van der Waals surface area contributed by atoms with E-state index in [-0.39, 0.29) is 17.4 Å². The number of carbonyl (C=O) groups is 1. The first kappa shape index (κ1) is 19.2. The van der Waals surface area contributed by atoms with Gasteiger partial charge in [-0.25, -0.2) is 0 Å². The maximum absolute atomic E-state index is 12.9. The maximum atomic E-state index is 12.9. The van der Waals surface area contributed by atoms with Crippen molar-refractivity contribution < 1.29 is 4.79 Å². The lowest BCUT2D eigenvalue weighted by atomic mass is 9.96. The van der Waals surface area contributed by atoms with Crippen molar-refractivity contribution in [3.05, 3.63) is 81.9 Å². The fourth-order valence-electron chi connectivity index (χ4n) is 3.57. The molecule has 3 nitrogen and oxygen atoms in total. The number of nitrogens with zero attached hydrogens (tertiary/aromatic N) is 2. The first-order valence-corrected chi connectivity index (χ1v) is 9.59. The highest BCUT2D eigenvalue weighted by atomic mass is 35.5. The van der Waals surface area contributed by atoms with Gasteiger partial charge in [-0.15, -0.1) is 0 Å². The zero-order valence-electron chi connectivity index (χ0n) is 15.7. The van der Waals surface area contributed by atoms with E-state index in [0.29, 0.717) is 19.0 Å². The number of amides is 1. The van der Waals surface area contributed by atoms with E-state index in [2.05, 4.69) is 18.2 Å². The topological polar surface area (TPSA) is 44.1 Å². The molecule has 2 aromatic carbocycles. The van der Waals surface area contributed by atoms with Crippen LogP contribution in [0.2, 0.25) is 5.02 Å². The lowest BCUT2D eigenvalue weighted by Crippen LogP contribution is -2.29. The average Bonchev–Trinajstić information content (AvgIpc) is 3.18. The van der Waals surface area contributed by atoms with Crippen LogP contribution in [0.5, 0.6) is 0 Å². The molecule has 3 rings (SSSR count). The summed E-state index contributed by atoms with van der Waals surface area (Å²) in [7, 11) is 0. The molecule has 0 spiro atoms. The Morgan fingerprint density at radius 3 is 2.70 bits per heavy atom. The summed E-state index contributed by atoms with van der Waals surface area (Å²) in [4.78, 5) is 14.7. The number of halogens is 1. The van der Waals surface area contributed by atoms with Crippen LogP contribution in [0.3, 0.4) is 0 Å². The van der Waals surface area contributed by atoms with Crippen molar-refractivity contribution in [3.63, 3.8) is 0 Å². The van der Waals surface area contributed by atoms with Gasteiger partial charge in [0.05, 0.1) is 0 Å². The largest absolute Gasteiger partial charge is 0.337 e. The number of hydrogen-bond acceptors (Lipinski definition) is 2. The van der Waals surface area contributed by atoms with Crippen LogP contribution in [0.1, 0.15) is 41.9 Å². The molecular formula is C23H23ClN2O. The predicted molar refractivity (Wildman–Crippen MR) is 109 cm³/mol. The minimum Gasteiger partial charge on any atom is -0.337 e. The smallest absolute Gasteiger partial charge is 0.264 e. The highest BCUT2D eigenvalue weighted by Crippen LogP contribution is 2.29. The van der Waals surface area contributed by atoms with Crippen molar-refractivity contribution in [1.29, 1.82) is 5.26 Å². The van der Waals surface area contributed by atoms with Crippen molar-refractivity contribution >= 4 is 17.5 Å². The van der Waals surface area contributed by atoms with Crippen molar-refractivity contribution in [3.8, 4) is 6.07 Å². The molecule has 0 aliphatic carbocycles. The molecule has 0 aromatic heterocycles. The molecule has 1 heterocycles. The summed E-state index contributed by atoms with van der Waals surface area (Å²) in [6.07, 6.45) is 2.70. The quantitative estimate of drug-likeness (QED) is 0.541. The zero-order valence-corrected chi connectivity index (χ0v) is 16.4. The van der Waals surface area contributed by atoms with Crippen LogP contribution in [-0.4, -0.2) is 23.9 Å². The lowest BCUT2D eigenvalue weighted by molar-refractivity contribution is -0.125. The molecule has 1 aliphatic rings. The summed E-state index contributed by atoms with van der Waals surface area (Å²) < 4.78 is 0. The Kier molecular flexibility index (Phi) is 5.98. The Hall–Kier alpha value is -2.57. The summed E-state index contributed by atoms with van der Waals surface area (Å²) in [6.45, 7) is 5.29. The van der Waals surface area contributed by atoms with Crippen LogP contribution in [0, 0.1) is 18.3 Å². The third-order valence-electron chi connectivity index (χ3n) is 5.22. The zero-order chi connectivity index (χ0) is 19.4. The number of aryl methyl sites for hydroxylation is 1. The Labute approximate surface area is 165 Å². The molecule has 0 radical (unpaired) electrons. The fourth-order valence-corrected chi connectivity index (χ4v) is 3.68. The molecule has 138 valence electrons. The van der Waals surface area contributed by atoms with Crippen LogP contribution in [-0.2, 0) is 4.79 Å². The van der Waals surface area contributed by atoms with Gasteiger partial charge in [-0.2, -0.15) is 5.26 Å². The molecule has 1 aliphatic heterocycles. The average molecular weight is 379 g/mol. The molecule has 2 aromatic rings. The standard InChI is InChI=1S/C23H23ClN2O/c1-16(19-8-9-22(24)17(2)13-19)12-21(14-25)23(27)26-11-10-20(15-26)18-6-4-3-5-7-18/h3-9,12-13,16,20H,10-11,15H2,1-2H3/b21-12+. The molecule has 0 N–H and O–H groups in total. The van der Waals surface area contributed by atoms with E-state index in [4.69, 9.17) is 11.6 Å². The second-order valence-corrected chi connectivity index (χ2v) is 7.54. The van der Waals surface area contributed by atoms with Gasteiger partial charge in [-0.1, -0.05) is 67.1 Å². The molecule has 1 amide bonds. The molecule has 1 fully saturated rings. The van der Waals surface area contributed by atoms with E-state index >= 15 is 0 Å². The molecule has 0 saturated carbocycles. The van der Waals surface area contributed by atoms with Crippen LogP contribution in [0.4, 0.5) is 0 Å². The second-order valence-electron chi connectivity index (χ2n) is 7.14. The minimum absolute atomic E-state index is 0.0351. The Morgan fingerprint density at radius 1 is 1.30 bits per heavy atom. The normalized spacial score (nSPS) is 18.2. The van der Waals surface area contributed by atoms with E-state index in [1.54, 1.807) is 11.0 Å². The lowest BCUT2D eigenvalue weighted by Gasteiger charge is -2.17. The summed E-state index contributed by atoms with van der Waals surface area (Å²) in [6, 6.07) is 18.2. The number of allylic oxidation sites excluding steroid dienone is 1. The summed E-state index contributed by atoms with van der Waals surface area (Å²) in [5.74, 6) is 0.131. The number of benzene rings is 2. The van der Waals surface area contributed by atoms with Gasteiger partial charge in [0.25, 0.3) is 5.91 Å². The SMILES string of the molecule is Cc1cc(C(C)/C=C(\C#N)C(=O)N2CCC(c3ccccc3)C2)ccc1Cl. The van der Waals surface area contributed by atoms with Crippen molar-refractivity contribution in [1.82, 2.24) is 4.90 Å². The van der Waals surface area contributed by atoms with Crippen molar-refractivity contribution in [2.75, 3.05) is 13.1 Å². The van der Waals surface area contributed by atoms with Crippen molar-refractivity contribution in [2.45, 2.75) is 32.1 Å². The number of hydrogen-bond donors (Lipinski definition) is 0. The predicted octanol–water partition coefficient (Wildman–Crippen LogP) is 5.22. The van der Waals surface area contributed by atoms with Gasteiger partial charge in [0.1, 0.15) is 11.6 Å². The summed E-state index contributed by atoms with van der Waals surface area (Å²) >= 11 is 6.09. The van der Waals surface area contributed by atoms with Crippen LogP contribution in [0.15, 0.2) is 60.2 Å². The molecule has 1 saturated heterocycles. The Bertz CT molecular complexity index is 898. The highest BCUT2D eigenvalue weighted by Gasteiger charge is 2.29. The van der Waals surface area contributed by atoms with E-state index < -0.39 is 0 Å². The van der Waals surface area contributed by atoms with Gasteiger partial charge in [-0.3, -0.25) is 4.79 Å². The van der Waals surface area contributed by atoms with E-state index in [9.17, 15) is 10.1 Å². The minimum atomic E-state index is -0.173. The second kappa shape index (κ2) is 8.41. The highest BCUT2D eigenvalue weighted by molar-refractivity contribution is 6.31. The molecule has 4 heteroatoms. The van der Waals surface area contributed by atoms with Crippen LogP contribution in [0.25, 0.3) is 0 Å². The first-order valence-electron chi connectivity index (χ1n) is 9.21. The third kappa shape index (κ3) is 4.40. The molecule has 0 bridgehead atoms. The third-order valence-corrected chi connectivity index (χ3v) is 5.65. The molecule has 27 heavy (non-hydrogen) atoms. The van der Waals surface area contributed by atoms with E-state index in [1.807, 2.05) is 50.2 Å². The van der Waals surface area contributed by atoms with Gasteiger partial charge in [0.15, 0.2) is 0 Å². The maximum Gasteiger partial charge on any atom is 0.264 e. The van der Waals surface area contributed by atoms with Gasteiger partial charge >= 0.3 is 0 Å². The van der Waals surface area contributed by atoms with Gasteiger partial charge in [-0.05, 0) is 36.1 Å². The number of likely N-dealkylation sites (tertiary alicyclic amines) is 1. The number of nitriles is 1. The Morgan fingerprint density at radius 2 is 2.04 bits per heavy atom. The molecule has 2 atom stereocenters. The summed E-state index contributed by atoms with van der Waals surface area (Å²) in [5, 5.41) is 10.3. The first-order chi connectivity index (χ1) is 13.0. The molecular weight excluding hydrogens is 356 g/mol. The Balaban J connectivity index is 1.73.